The Morgan fingerprint density at radius 1 is 1.09 bits per heavy atom. The highest BCUT2D eigenvalue weighted by Crippen LogP contribution is 2.19. The molecule has 0 aliphatic carbocycles. The van der Waals surface area contributed by atoms with Crippen molar-refractivity contribution >= 4 is 5.91 Å². The average molecular weight is 447 g/mol. The zero-order valence-corrected chi connectivity index (χ0v) is 18.0. The van der Waals surface area contributed by atoms with E-state index < -0.39 is 5.91 Å². The number of ether oxygens (including phenoxy) is 2. The highest BCUT2D eigenvalue weighted by Gasteiger charge is 2.16. The first kappa shape index (κ1) is 21.8. The second kappa shape index (κ2) is 9.82. The fourth-order valence-electron chi connectivity index (χ4n) is 3.11. The van der Waals surface area contributed by atoms with Gasteiger partial charge in [-0.05, 0) is 18.6 Å². The van der Waals surface area contributed by atoms with Gasteiger partial charge in [0, 0.05) is 23.7 Å². The van der Waals surface area contributed by atoms with Crippen molar-refractivity contribution in [1.82, 2.24) is 15.5 Å². The van der Waals surface area contributed by atoms with Crippen molar-refractivity contribution in [3.8, 4) is 22.9 Å². The van der Waals surface area contributed by atoms with E-state index in [9.17, 15) is 9.59 Å². The van der Waals surface area contributed by atoms with Gasteiger partial charge in [-0.25, -0.2) is 0 Å². The van der Waals surface area contributed by atoms with E-state index in [4.69, 9.17) is 18.4 Å². The van der Waals surface area contributed by atoms with Crippen LogP contribution >= 0.6 is 0 Å². The van der Waals surface area contributed by atoms with Crippen LogP contribution in [0.3, 0.4) is 0 Å². The maximum atomic E-state index is 12.4. The van der Waals surface area contributed by atoms with Gasteiger partial charge in [0.1, 0.15) is 18.1 Å². The SMILES string of the molecule is COc1ccccc1CNC(=O)c1nc(-c2ccc(COc3c(C)occc3=O)cc2)no1. The summed E-state index contributed by atoms with van der Waals surface area (Å²) in [5.74, 6) is 0.937. The minimum Gasteiger partial charge on any atom is -0.496 e. The molecule has 1 amide bonds. The van der Waals surface area contributed by atoms with Gasteiger partial charge in [0.05, 0.1) is 13.4 Å². The van der Waals surface area contributed by atoms with Crippen LogP contribution in [0.25, 0.3) is 11.4 Å². The number of amides is 1. The summed E-state index contributed by atoms with van der Waals surface area (Å²) >= 11 is 0. The first-order chi connectivity index (χ1) is 16.0. The largest absolute Gasteiger partial charge is 0.496 e. The highest BCUT2D eigenvalue weighted by atomic mass is 16.5. The molecular weight excluding hydrogens is 426 g/mol. The molecule has 4 aromatic rings. The van der Waals surface area contributed by atoms with Gasteiger partial charge in [-0.3, -0.25) is 9.59 Å². The van der Waals surface area contributed by atoms with Crippen molar-refractivity contribution in [3.05, 3.63) is 93.9 Å². The van der Waals surface area contributed by atoms with Crippen LogP contribution in [0.1, 0.15) is 27.6 Å². The first-order valence-corrected chi connectivity index (χ1v) is 10.1. The topological polar surface area (TPSA) is 117 Å². The number of carbonyl (C=O) groups is 1. The maximum Gasteiger partial charge on any atom is 0.316 e. The lowest BCUT2D eigenvalue weighted by Crippen LogP contribution is -2.23. The van der Waals surface area contributed by atoms with Crippen LogP contribution in [-0.2, 0) is 13.2 Å². The molecule has 0 aliphatic heterocycles. The molecule has 2 aromatic carbocycles. The number of hydrogen-bond acceptors (Lipinski definition) is 8. The zero-order chi connectivity index (χ0) is 23.2. The van der Waals surface area contributed by atoms with Gasteiger partial charge in [-0.2, -0.15) is 4.98 Å². The van der Waals surface area contributed by atoms with E-state index in [0.717, 1.165) is 11.1 Å². The van der Waals surface area contributed by atoms with Crippen LogP contribution in [0.4, 0.5) is 0 Å². The first-order valence-electron chi connectivity index (χ1n) is 10.1. The molecule has 33 heavy (non-hydrogen) atoms. The summed E-state index contributed by atoms with van der Waals surface area (Å²) in [6.07, 6.45) is 1.33. The van der Waals surface area contributed by atoms with Gasteiger partial charge >= 0.3 is 11.8 Å². The molecule has 1 N–H and O–H groups in total. The molecule has 4 rings (SSSR count). The summed E-state index contributed by atoms with van der Waals surface area (Å²) in [6, 6.07) is 15.9. The quantitative estimate of drug-likeness (QED) is 0.436. The van der Waals surface area contributed by atoms with E-state index in [1.807, 2.05) is 36.4 Å². The Morgan fingerprint density at radius 2 is 1.88 bits per heavy atom. The summed E-state index contributed by atoms with van der Waals surface area (Å²) in [7, 11) is 1.57. The lowest BCUT2D eigenvalue weighted by atomic mass is 10.1. The molecule has 0 bridgehead atoms. The van der Waals surface area contributed by atoms with E-state index in [0.29, 0.717) is 17.1 Å². The average Bonchev–Trinajstić information content (AvgIpc) is 3.33. The molecule has 0 saturated heterocycles. The predicted octanol–water partition coefficient (Wildman–Crippen LogP) is 3.52. The number of nitrogens with one attached hydrogen (secondary N) is 1. The fraction of sp³-hybridized carbons (Fsp3) is 0.167. The van der Waals surface area contributed by atoms with Crippen LogP contribution < -0.4 is 20.2 Å². The third-order valence-corrected chi connectivity index (χ3v) is 4.86. The maximum absolute atomic E-state index is 12.4. The molecule has 2 aromatic heterocycles. The van der Waals surface area contributed by atoms with Crippen LogP contribution in [0.5, 0.6) is 11.5 Å². The van der Waals surface area contributed by atoms with E-state index in [2.05, 4.69) is 15.5 Å². The molecule has 0 fully saturated rings. The number of carbonyl (C=O) groups excluding carboxylic acids is 1. The van der Waals surface area contributed by atoms with Gasteiger partial charge < -0.3 is 23.7 Å². The Morgan fingerprint density at radius 3 is 2.64 bits per heavy atom. The minimum atomic E-state index is -0.485. The summed E-state index contributed by atoms with van der Waals surface area (Å²) in [5, 5.41) is 6.63. The van der Waals surface area contributed by atoms with Crippen molar-refractivity contribution in [2.75, 3.05) is 7.11 Å². The molecule has 0 atom stereocenters. The lowest BCUT2D eigenvalue weighted by molar-refractivity contribution is 0.0906. The fourth-order valence-corrected chi connectivity index (χ4v) is 3.11. The molecule has 0 unspecified atom stereocenters. The molecule has 0 spiro atoms. The second-order valence-electron chi connectivity index (χ2n) is 7.07. The zero-order valence-electron chi connectivity index (χ0n) is 18.0. The summed E-state index contributed by atoms with van der Waals surface area (Å²) in [4.78, 5) is 28.4. The summed E-state index contributed by atoms with van der Waals surface area (Å²) in [5.41, 5.74) is 2.09. The monoisotopic (exact) mass is 447 g/mol. The summed E-state index contributed by atoms with van der Waals surface area (Å²) < 4.78 is 21.2. The molecule has 9 heteroatoms. The van der Waals surface area contributed by atoms with Crippen molar-refractivity contribution in [2.45, 2.75) is 20.1 Å². The molecule has 2 heterocycles. The van der Waals surface area contributed by atoms with E-state index in [1.54, 1.807) is 26.2 Å². The number of aryl methyl sites for hydroxylation is 1. The number of para-hydroxylation sites is 1. The summed E-state index contributed by atoms with van der Waals surface area (Å²) in [6.45, 7) is 2.12. The molecule has 0 aliphatic rings. The van der Waals surface area contributed by atoms with Crippen molar-refractivity contribution in [3.63, 3.8) is 0 Å². The predicted molar refractivity (Wildman–Crippen MR) is 118 cm³/mol. The Balaban J connectivity index is 1.38. The van der Waals surface area contributed by atoms with Crippen LogP contribution in [0, 0.1) is 6.92 Å². The number of nitrogens with zero attached hydrogens (tertiary/aromatic N) is 2. The Labute approximate surface area is 189 Å². The Kier molecular flexibility index (Phi) is 6.49. The Bertz CT molecular complexity index is 1310. The van der Waals surface area contributed by atoms with Crippen LogP contribution in [0.2, 0.25) is 0 Å². The molecule has 168 valence electrons. The van der Waals surface area contributed by atoms with Crippen LogP contribution in [-0.4, -0.2) is 23.2 Å². The molecule has 0 radical (unpaired) electrons. The molecule has 9 nitrogen and oxygen atoms in total. The van der Waals surface area contributed by atoms with Crippen molar-refractivity contribution in [2.24, 2.45) is 0 Å². The van der Waals surface area contributed by atoms with E-state index in [1.165, 1.54) is 12.3 Å². The van der Waals surface area contributed by atoms with Gasteiger partial charge in [0.15, 0.2) is 0 Å². The Hall–Kier alpha value is -4.40. The second-order valence-corrected chi connectivity index (χ2v) is 7.07. The van der Waals surface area contributed by atoms with Gasteiger partial charge in [-0.15, -0.1) is 0 Å². The minimum absolute atomic E-state index is 0.140. The highest BCUT2D eigenvalue weighted by molar-refractivity contribution is 5.89. The number of aromatic nitrogens is 2. The third kappa shape index (κ3) is 5.09. The van der Waals surface area contributed by atoms with Crippen molar-refractivity contribution < 1.29 is 23.2 Å². The van der Waals surface area contributed by atoms with Crippen LogP contribution in [0.15, 0.2) is 74.6 Å². The van der Waals surface area contributed by atoms with Gasteiger partial charge in [0.2, 0.25) is 17.0 Å². The normalized spacial score (nSPS) is 10.6. The number of methoxy groups -OCH3 is 1. The molecular formula is C24H21N3O6. The number of rotatable bonds is 8. The van der Waals surface area contributed by atoms with E-state index in [-0.39, 0.29) is 36.0 Å². The standard InChI is InChI=1S/C24H21N3O6/c1-15-21(19(28)11-12-31-15)32-14-16-7-9-17(10-8-16)22-26-24(33-27-22)23(29)25-13-18-5-3-4-6-20(18)30-2/h3-12H,13-14H2,1-2H3,(H,25,29). The van der Waals surface area contributed by atoms with Crippen molar-refractivity contribution in [1.29, 1.82) is 0 Å². The lowest BCUT2D eigenvalue weighted by Gasteiger charge is -2.08. The van der Waals surface area contributed by atoms with Gasteiger partial charge in [0.25, 0.3) is 0 Å². The number of benzene rings is 2. The number of hydrogen-bond donors (Lipinski definition) is 1. The molecule has 0 saturated carbocycles. The smallest absolute Gasteiger partial charge is 0.316 e. The third-order valence-electron chi connectivity index (χ3n) is 4.86. The van der Waals surface area contributed by atoms with Gasteiger partial charge in [-0.1, -0.05) is 47.6 Å². The van der Waals surface area contributed by atoms with E-state index >= 15 is 0 Å².